The van der Waals surface area contributed by atoms with Crippen LogP contribution in [0.2, 0.25) is 15.1 Å². The fraction of sp³-hybridized carbons (Fsp3) is 0.167. The lowest BCUT2D eigenvalue weighted by molar-refractivity contribution is 0.0516. The lowest BCUT2D eigenvalue weighted by atomic mass is 10.1. The number of H-pyrrole nitrogens is 1. The molecule has 0 atom stereocenters. The van der Waals surface area contributed by atoms with Gasteiger partial charge in [0.2, 0.25) is 5.43 Å². The molecule has 4 rings (SSSR count). The second kappa shape index (κ2) is 12.7. The van der Waals surface area contributed by atoms with Gasteiger partial charge in [0.25, 0.3) is 0 Å². The summed E-state index contributed by atoms with van der Waals surface area (Å²) in [4.78, 5) is 41.8. The second-order valence-corrected chi connectivity index (χ2v) is 10.0. The molecule has 38 heavy (non-hydrogen) atoms. The maximum absolute atomic E-state index is 14.0. The van der Waals surface area contributed by atoms with Gasteiger partial charge in [-0.3, -0.25) is 9.78 Å². The van der Waals surface area contributed by atoms with Crippen LogP contribution in [0.3, 0.4) is 0 Å². The number of carbonyl (C=O) groups is 2. The highest BCUT2D eigenvalue weighted by Gasteiger charge is 2.20. The van der Waals surface area contributed by atoms with E-state index < -0.39 is 29.0 Å². The zero-order chi connectivity index (χ0) is 28.3. The first kappa shape index (κ1) is 30.2. The first-order valence-electron chi connectivity index (χ1n) is 10.6. The highest BCUT2D eigenvalue weighted by atomic mass is 79.9. The van der Waals surface area contributed by atoms with Gasteiger partial charge in [0, 0.05) is 17.8 Å². The van der Waals surface area contributed by atoms with Crippen molar-refractivity contribution < 1.29 is 27.8 Å². The predicted octanol–water partition coefficient (Wildman–Crippen LogP) is 7.88. The zero-order valence-corrected chi connectivity index (χ0v) is 24.8. The quantitative estimate of drug-likeness (QED) is 0.171. The van der Waals surface area contributed by atoms with Gasteiger partial charge >= 0.3 is 11.9 Å². The fourth-order valence-electron chi connectivity index (χ4n) is 3.19. The van der Waals surface area contributed by atoms with Crippen LogP contribution in [0.1, 0.15) is 34.6 Å². The van der Waals surface area contributed by atoms with Crippen molar-refractivity contribution in [3.05, 3.63) is 81.5 Å². The molecule has 0 aliphatic heterocycles. The van der Waals surface area contributed by atoms with Crippen molar-refractivity contribution in [3.63, 3.8) is 0 Å². The Kier molecular flexibility index (Phi) is 10.1. The summed E-state index contributed by atoms with van der Waals surface area (Å²) < 4.78 is 37.6. The van der Waals surface area contributed by atoms with Crippen molar-refractivity contribution in [2.75, 3.05) is 13.2 Å². The molecular formula is C24H15Br2Cl3F2N2O5. The number of pyridine rings is 2. The number of nitrogens with zero attached hydrogens (tertiary/aromatic N) is 1. The minimum absolute atomic E-state index is 0.00347. The Hall–Kier alpha value is -2.31. The van der Waals surface area contributed by atoms with Gasteiger partial charge in [0.15, 0.2) is 11.6 Å². The van der Waals surface area contributed by atoms with Gasteiger partial charge in [-0.1, -0.05) is 34.8 Å². The van der Waals surface area contributed by atoms with E-state index in [0.29, 0.717) is 0 Å². The van der Waals surface area contributed by atoms with Gasteiger partial charge in [0.05, 0.1) is 53.7 Å². The molecule has 2 heterocycles. The number of aromatic amines is 1. The number of halogens is 7. The second-order valence-electron chi connectivity index (χ2n) is 7.25. The molecule has 0 aliphatic rings. The Balaban J connectivity index is 0.000000211. The van der Waals surface area contributed by atoms with E-state index >= 15 is 0 Å². The van der Waals surface area contributed by atoms with E-state index in [4.69, 9.17) is 44.3 Å². The SMILES string of the molecule is CCOC(=O)c1c[nH]c2c(F)c(Br)c(Cl)cc2c1=O.CCOC(=O)c1cnc2c(F)c(Br)c(Cl)cc2c1Cl. The molecular weight excluding hydrogens is 700 g/mol. The van der Waals surface area contributed by atoms with Crippen LogP contribution in [0, 0.1) is 11.6 Å². The molecule has 0 saturated heterocycles. The van der Waals surface area contributed by atoms with E-state index in [9.17, 15) is 23.2 Å². The van der Waals surface area contributed by atoms with Gasteiger partial charge in [-0.25, -0.2) is 18.4 Å². The van der Waals surface area contributed by atoms with Gasteiger partial charge in [-0.05, 0) is 57.8 Å². The minimum Gasteiger partial charge on any atom is -0.462 e. The van der Waals surface area contributed by atoms with Gasteiger partial charge < -0.3 is 14.5 Å². The van der Waals surface area contributed by atoms with Gasteiger partial charge in [0.1, 0.15) is 11.1 Å². The number of ether oxygens (including phenoxy) is 2. The van der Waals surface area contributed by atoms with E-state index in [2.05, 4.69) is 41.8 Å². The molecule has 1 N–H and O–H groups in total. The third-order valence-electron chi connectivity index (χ3n) is 4.94. The third kappa shape index (κ3) is 5.96. The molecule has 4 aromatic rings. The van der Waals surface area contributed by atoms with E-state index in [0.717, 1.165) is 6.20 Å². The minimum atomic E-state index is -0.759. The van der Waals surface area contributed by atoms with Crippen molar-refractivity contribution in [2.24, 2.45) is 0 Å². The largest absolute Gasteiger partial charge is 0.462 e. The van der Waals surface area contributed by atoms with E-state index in [1.54, 1.807) is 13.8 Å². The van der Waals surface area contributed by atoms with Crippen molar-refractivity contribution in [2.45, 2.75) is 13.8 Å². The molecule has 14 heteroatoms. The molecule has 0 radical (unpaired) electrons. The summed E-state index contributed by atoms with van der Waals surface area (Å²) in [5.74, 6) is -2.68. The van der Waals surface area contributed by atoms with Crippen LogP contribution >= 0.6 is 66.7 Å². The number of fused-ring (bicyclic) bond motifs is 2. The monoisotopic (exact) mass is 712 g/mol. The summed E-state index contributed by atoms with van der Waals surface area (Å²) >= 11 is 23.7. The molecule has 0 fully saturated rings. The van der Waals surface area contributed by atoms with E-state index in [-0.39, 0.29) is 70.2 Å². The van der Waals surface area contributed by atoms with Crippen molar-refractivity contribution in [1.29, 1.82) is 0 Å². The van der Waals surface area contributed by atoms with Gasteiger partial charge in [-0.15, -0.1) is 0 Å². The standard InChI is InChI=1S/C12H7BrCl2FNO2.C12H8BrClFNO3/c1-2-19-12(18)6-4-17-11-5(9(6)15)3-7(14)8(13)10(11)16;1-2-19-12(18)6-4-16-10-5(11(6)17)3-7(14)8(13)9(10)15/h3-4H,2H2,1H3;3-4H,2H2,1H3,(H,16,17). The van der Waals surface area contributed by atoms with Crippen LogP contribution in [0.4, 0.5) is 8.78 Å². The van der Waals surface area contributed by atoms with Gasteiger partial charge in [-0.2, -0.15) is 0 Å². The van der Waals surface area contributed by atoms with Crippen LogP contribution in [0.15, 0.2) is 38.3 Å². The molecule has 2 aromatic heterocycles. The number of aromatic nitrogens is 2. The molecule has 0 unspecified atom stereocenters. The third-order valence-corrected chi connectivity index (χ3v) is 7.95. The first-order valence-corrected chi connectivity index (χ1v) is 13.3. The smallest absolute Gasteiger partial charge is 0.343 e. The lowest BCUT2D eigenvalue weighted by Crippen LogP contribution is -2.18. The Bertz CT molecular complexity index is 1650. The first-order chi connectivity index (χ1) is 17.9. The maximum Gasteiger partial charge on any atom is 0.343 e. The summed E-state index contributed by atoms with van der Waals surface area (Å²) in [6.45, 7) is 3.66. The maximum atomic E-state index is 14.0. The number of nitrogens with one attached hydrogen (secondary N) is 1. The normalized spacial score (nSPS) is 10.8. The van der Waals surface area contributed by atoms with Crippen LogP contribution in [-0.2, 0) is 9.47 Å². The lowest BCUT2D eigenvalue weighted by Gasteiger charge is -2.08. The van der Waals surface area contributed by atoms with Crippen molar-refractivity contribution in [3.8, 4) is 0 Å². The van der Waals surface area contributed by atoms with Crippen molar-refractivity contribution in [1.82, 2.24) is 9.97 Å². The summed E-state index contributed by atoms with van der Waals surface area (Å²) in [6.07, 6.45) is 2.32. The summed E-state index contributed by atoms with van der Waals surface area (Å²) in [6, 6.07) is 2.74. The number of esters is 2. The number of carbonyl (C=O) groups excluding carboxylic acids is 2. The number of hydrogen-bond acceptors (Lipinski definition) is 6. The summed E-state index contributed by atoms with van der Waals surface area (Å²) in [5, 5.41) is 0.525. The Labute approximate surface area is 245 Å². The average Bonchev–Trinajstić information content (AvgIpc) is 2.88. The molecule has 7 nitrogen and oxygen atoms in total. The molecule has 0 amide bonds. The molecule has 0 aliphatic carbocycles. The summed E-state index contributed by atoms with van der Waals surface area (Å²) in [7, 11) is 0. The average molecular weight is 716 g/mol. The number of rotatable bonds is 4. The molecule has 0 bridgehead atoms. The fourth-order valence-corrected chi connectivity index (χ4v) is 4.46. The number of hydrogen-bond donors (Lipinski definition) is 1. The molecule has 200 valence electrons. The molecule has 0 spiro atoms. The Morgan fingerprint density at radius 1 is 0.921 bits per heavy atom. The van der Waals surface area contributed by atoms with Crippen LogP contribution < -0.4 is 5.43 Å². The van der Waals surface area contributed by atoms with Crippen LogP contribution in [-0.4, -0.2) is 35.1 Å². The Morgan fingerprint density at radius 3 is 2.03 bits per heavy atom. The van der Waals surface area contributed by atoms with E-state index in [1.165, 1.54) is 18.3 Å². The predicted molar refractivity (Wildman–Crippen MR) is 149 cm³/mol. The summed E-state index contributed by atoms with van der Waals surface area (Å²) in [5.41, 5.74) is -0.718. The Morgan fingerprint density at radius 2 is 1.45 bits per heavy atom. The zero-order valence-electron chi connectivity index (χ0n) is 19.4. The van der Waals surface area contributed by atoms with Crippen LogP contribution in [0.5, 0.6) is 0 Å². The van der Waals surface area contributed by atoms with Crippen molar-refractivity contribution >= 4 is 100 Å². The highest BCUT2D eigenvalue weighted by Crippen LogP contribution is 2.35. The van der Waals surface area contributed by atoms with Crippen LogP contribution in [0.25, 0.3) is 21.8 Å². The van der Waals surface area contributed by atoms with E-state index in [1.807, 2.05) is 0 Å². The topological polar surface area (TPSA) is 98.4 Å². The number of benzene rings is 2. The molecule has 2 aromatic carbocycles. The molecule has 0 saturated carbocycles. The highest BCUT2D eigenvalue weighted by molar-refractivity contribution is 9.10.